The van der Waals surface area contributed by atoms with Gasteiger partial charge in [0.2, 0.25) is 0 Å². The van der Waals surface area contributed by atoms with Crippen LogP contribution in [0.2, 0.25) is 0 Å². The molecular formula is C20H21NO2. The van der Waals surface area contributed by atoms with Gasteiger partial charge in [0.25, 0.3) is 5.56 Å². The van der Waals surface area contributed by atoms with E-state index < -0.39 is 0 Å². The fourth-order valence-corrected chi connectivity index (χ4v) is 2.90. The fourth-order valence-electron chi connectivity index (χ4n) is 2.90. The number of pyridine rings is 1. The third kappa shape index (κ3) is 2.92. The predicted octanol–water partition coefficient (Wildman–Crippen LogP) is 4.13. The van der Waals surface area contributed by atoms with Gasteiger partial charge in [-0.2, -0.15) is 0 Å². The highest BCUT2D eigenvalue weighted by atomic mass is 16.5. The molecule has 0 saturated carbocycles. The summed E-state index contributed by atoms with van der Waals surface area (Å²) in [5, 5.41) is 1.70. The molecule has 0 aliphatic rings. The molecule has 118 valence electrons. The molecule has 1 aromatic heterocycles. The second kappa shape index (κ2) is 6.39. The lowest BCUT2D eigenvalue weighted by molar-refractivity contribution is 0.0664. The number of ether oxygens (including phenoxy) is 1. The van der Waals surface area contributed by atoms with E-state index in [0.717, 1.165) is 27.6 Å². The lowest BCUT2D eigenvalue weighted by atomic mass is 9.99. The number of benzene rings is 2. The van der Waals surface area contributed by atoms with Gasteiger partial charge < -0.3 is 9.30 Å². The zero-order chi connectivity index (χ0) is 16.4. The van der Waals surface area contributed by atoms with Crippen molar-refractivity contribution in [1.29, 1.82) is 0 Å². The minimum absolute atomic E-state index is 0.0211. The van der Waals surface area contributed by atoms with Crippen LogP contribution in [0.4, 0.5) is 0 Å². The van der Waals surface area contributed by atoms with Crippen LogP contribution >= 0.6 is 0 Å². The molecule has 3 nitrogen and oxygen atoms in total. The second-order valence-corrected chi connectivity index (χ2v) is 5.96. The summed E-state index contributed by atoms with van der Waals surface area (Å²) in [5.74, 6) is 0. The number of rotatable bonds is 4. The molecule has 23 heavy (non-hydrogen) atoms. The number of nitrogens with zero attached hydrogens (tertiary/aromatic N) is 1. The van der Waals surface area contributed by atoms with Crippen LogP contribution < -0.4 is 5.56 Å². The molecule has 0 aliphatic heterocycles. The van der Waals surface area contributed by atoms with Gasteiger partial charge in [0, 0.05) is 18.0 Å². The second-order valence-electron chi connectivity index (χ2n) is 5.96. The summed E-state index contributed by atoms with van der Waals surface area (Å²) in [4.78, 5) is 12.7. The lowest BCUT2D eigenvalue weighted by Gasteiger charge is -2.18. The highest BCUT2D eigenvalue weighted by molar-refractivity contribution is 5.89. The Bertz CT molecular complexity index is 879. The summed E-state index contributed by atoms with van der Waals surface area (Å²) in [7, 11) is 1.83. The first kappa shape index (κ1) is 15.5. The van der Waals surface area contributed by atoms with Gasteiger partial charge in [-0.3, -0.25) is 4.79 Å². The Balaban J connectivity index is 2.34. The number of aromatic nitrogens is 1. The lowest BCUT2D eigenvalue weighted by Crippen LogP contribution is -2.21. The van der Waals surface area contributed by atoms with Gasteiger partial charge in [-0.1, -0.05) is 48.5 Å². The van der Waals surface area contributed by atoms with E-state index >= 15 is 0 Å². The Kier molecular flexibility index (Phi) is 4.30. The van der Waals surface area contributed by atoms with E-state index in [1.807, 2.05) is 75.5 Å². The van der Waals surface area contributed by atoms with Gasteiger partial charge in [-0.25, -0.2) is 0 Å². The van der Waals surface area contributed by atoms with Gasteiger partial charge in [-0.15, -0.1) is 0 Å². The Morgan fingerprint density at radius 3 is 2.22 bits per heavy atom. The minimum Gasteiger partial charge on any atom is -0.374 e. The quantitative estimate of drug-likeness (QED) is 0.725. The Morgan fingerprint density at radius 2 is 1.57 bits per heavy atom. The van der Waals surface area contributed by atoms with Crippen LogP contribution in [0.1, 0.15) is 19.4 Å². The zero-order valence-electron chi connectivity index (χ0n) is 13.7. The third-order valence-electron chi connectivity index (χ3n) is 4.02. The maximum atomic E-state index is 12.7. The molecule has 0 amide bonds. The van der Waals surface area contributed by atoms with E-state index in [0.29, 0.717) is 6.61 Å². The van der Waals surface area contributed by atoms with E-state index in [4.69, 9.17) is 4.74 Å². The maximum Gasteiger partial charge on any atom is 0.258 e. The van der Waals surface area contributed by atoms with Crippen molar-refractivity contribution in [2.24, 2.45) is 7.05 Å². The number of hydrogen-bond acceptors (Lipinski definition) is 2. The highest BCUT2D eigenvalue weighted by Gasteiger charge is 2.16. The molecule has 0 saturated heterocycles. The average molecular weight is 307 g/mol. The summed E-state index contributed by atoms with van der Waals surface area (Å²) < 4.78 is 7.61. The maximum absolute atomic E-state index is 12.7. The van der Waals surface area contributed by atoms with Crippen molar-refractivity contribution in [2.45, 2.75) is 26.6 Å². The topological polar surface area (TPSA) is 31.2 Å². The van der Waals surface area contributed by atoms with Crippen molar-refractivity contribution in [3.8, 4) is 11.3 Å². The van der Waals surface area contributed by atoms with Crippen LogP contribution in [-0.4, -0.2) is 10.7 Å². The van der Waals surface area contributed by atoms with Gasteiger partial charge in [0.05, 0.1) is 18.4 Å². The predicted molar refractivity (Wildman–Crippen MR) is 94.6 cm³/mol. The smallest absolute Gasteiger partial charge is 0.258 e. The minimum atomic E-state index is 0.0211. The van der Waals surface area contributed by atoms with Gasteiger partial charge in [0.1, 0.15) is 0 Å². The van der Waals surface area contributed by atoms with Crippen molar-refractivity contribution >= 4 is 10.8 Å². The van der Waals surface area contributed by atoms with E-state index in [9.17, 15) is 4.79 Å². The summed E-state index contributed by atoms with van der Waals surface area (Å²) in [6.07, 6.45) is 0.134. The number of hydrogen-bond donors (Lipinski definition) is 0. The van der Waals surface area contributed by atoms with E-state index in [1.165, 1.54) is 0 Å². The highest BCUT2D eigenvalue weighted by Crippen LogP contribution is 2.28. The normalized spacial score (nSPS) is 11.3. The SMILES string of the molecule is CC(C)OCc1c(-c2ccccc2)n(C)c(=O)c2ccccc12. The Morgan fingerprint density at radius 1 is 0.957 bits per heavy atom. The monoisotopic (exact) mass is 307 g/mol. The van der Waals surface area contributed by atoms with E-state index in [-0.39, 0.29) is 11.7 Å². The standard InChI is InChI=1S/C20H21NO2/c1-14(2)23-13-18-16-11-7-8-12-17(16)20(22)21(3)19(18)15-9-5-4-6-10-15/h4-12,14H,13H2,1-3H3. The van der Waals surface area contributed by atoms with Crippen molar-refractivity contribution < 1.29 is 4.74 Å². The zero-order valence-corrected chi connectivity index (χ0v) is 13.7. The first-order valence-corrected chi connectivity index (χ1v) is 7.87. The molecule has 0 fully saturated rings. The molecule has 1 heterocycles. The summed E-state index contributed by atoms with van der Waals surface area (Å²) in [6, 6.07) is 17.8. The summed E-state index contributed by atoms with van der Waals surface area (Å²) in [6.45, 7) is 4.52. The van der Waals surface area contributed by atoms with E-state index in [2.05, 4.69) is 0 Å². The molecule has 0 bridgehead atoms. The fraction of sp³-hybridized carbons (Fsp3) is 0.250. The molecule has 3 heteroatoms. The van der Waals surface area contributed by atoms with Crippen LogP contribution in [0.5, 0.6) is 0 Å². The number of fused-ring (bicyclic) bond motifs is 1. The molecule has 0 unspecified atom stereocenters. The molecule has 0 atom stereocenters. The molecule has 0 aliphatic carbocycles. The molecule has 0 spiro atoms. The molecular weight excluding hydrogens is 286 g/mol. The van der Waals surface area contributed by atoms with Crippen LogP contribution in [0.3, 0.4) is 0 Å². The van der Waals surface area contributed by atoms with Gasteiger partial charge >= 0.3 is 0 Å². The molecule has 3 aromatic rings. The van der Waals surface area contributed by atoms with Crippen LogP contribution in [-0.2, 0) is 18.4 Å². The average Bonchev–Trinajstić information content (AvgIpc) is 2.57. The van der Waals surface area contributed by atoms with E-state index in [1.54, 1.807) is 4.57 Å². The largest absolute Gasteiger partial charge is 0.374 e. The molecule has 2 aromatic carbocycles. The summed E-state index contributed by atoms with van der Waals surface area (Å²) in [5.41, 5.74) is 3.03. The first-order valence-electron chi connectivity index (χ1n) is 7.87. The van der Waals surface area contributed by atoms with Crippen LogP contribution in [0.15, 0.2) is 59.4 Å². The summed E-state index contributed by atoms with van der Waals surface area (Å²) >= 11 is 0. The van der Waals surface area contributed by atoms with Crippen molar-refractivity contribution in [3.63, 3.8) is 0 Å². The Hall–Kier alpha value is -2.39. The van der Waals surface area contributed by atoms with Crippen molar-refractivity contribution in [2.75, 3.05) is 0 Å². The molecule has 0 N–H and O–H groups in total. The van der Waals surface area contributed by atoms with Crippen LogP contribution in [0.25, 0.3) is 22.0 Å². The first-order chi connectivity index (χ1) is 11.1. The van der Waals surface area contributed by atoms with Gasteiger partial charge in [-0.05, 0) is 30.9 Å². The third-order valence-corrected chi connectivity index (χ3v) is 4.02. The van der Waals surface area contributed by atoms with Crippen molar-refractivity contribution in [1.82, 2.24) is 4.57 Å². The van der Waals surface area contributed by atoms with Gasteiger partial charge in [0.15, 0.2) is 0 Å². The Labute approximate surface area is 136 Å². The molecule has 0 radical (unpaired) electrons. The molecule has 3 rings (SSSR count). The van der Waals surface area contributed by atoms with Crippen LogP contribution in [0, 0.1) is 0 Å². The van der Waals surface area contributed by atoms with Crippen molar-refractivity contribution in [3.05, 3.63) is 70.5 Å².